The van der Waals surface area contributed by atoms with E-state index in [9.17, 15) is 4.79 Å². The van der Waals surface area contributed by atoms with Crippen molar-refractivity contribution in [1.82, 2.24) is 9.80 Å². The Morgan fingerprint density at radius 1 is 1.20 bits per heavy atom. The highest BCUT2D eigenvalue weighted by Gasteiger charge is 2.70. The van der Waals surface area contributed by atoms with Gasteiger partial charge in [-0.25, -0.2) is 4.79 Å². The highest BCUT2D eigenvalue weighted by atomic mass is 16.6. The first kappa shape index (κ1) is 16.9. The Balaban J connectivity index is 1.46. The third kappa shape index (κ3) is 2.75. The molecule has 3 unspecified atom stereocenters. The number of hydrogen-bond donors (Lipinski definition) is 0. The summed E-state index contributed by atoms with van der Waals surface area (Å²) in [5.74, 6) is 0.630. The molecule has 3 fully saturated rings. The van der Waals surface area contributed by atoms with Gasteiger partial charge in [0.15, 0.2) is 0 Å². The summed E-state index contributed by atoms with van der Waals surface area (Å²) in [6, 6.07) is 10.7. The summed E-state index contributed by atoms with van der Waals surface area (Å²) in [5, 5.41) is 0. The van der Waals surface area contributed by atoms with Crippen LogP contribution in [0.1, 0.15) is 39.7 Å². The molecule has 136 valence electrons. The maximum atomic E-state index is 12.5. The molecule has 4 rings (SSSR count). The van der Waals surface area contributed by atoms with Crippen LogP contribution >= 0.6 is 0 Å². The molecular weight excluding hydrogens is 312 g/mol. The molecule has 1 aromatic carbocycles. The third-order valence-electron chi connectivity index (χ3n) is 6.57. The minimum absolute atomic E-state index is 0.139. The zero-order chi connectivity index (χ0) is 17.9. The molecule has 2 heterocycles. The van der Waals surface area contributed by atoms with Gasteiger partial charge >= 0.3 is 6.09 Å². The number of carbonyl (C=O) groups is 1. The van der Waals surface area contributed by atoms with Crippen LogP contribution in [0.3, 0.4) is 0 Å². The first-order valence-electron chi connectivity index (χ1n) is 9.45. The number of hydrogen-bond acceptors (Lipinski definition) is 3. The Kier molecular flexibility index (Phi) is 3.70. The molecule has 3 atom stereocenters. The van der Waals surface area contributed by atoms with Crippen molar-refractivity contribution in [2.24, 2.45) is 16.7 Å². The highest BCUT2D eigenvalue weighted by Crippen LogP contribution is 2.67. The molecule has 1 spiro atoms. The van der Waals surface area contributed by atoms with Crippen molar-refractivity contribution in [3.8, 4) is 0 Å². The smallest absolute Gasteiger partial charge is 0.410 e. The number of rotatable bonds is 2. The maximum absolute atomic E-state index is 12.5. The topological polar surface area (TPSA) is 32.8 Å². The van der Waals surface area contributed by atoms with Crippen molar-refractivity contribution in [3.05, 3.63) is 35.9 Å². The summed E-state index contributed by atoms with van der Waals surface area (Å²) >= 11 is 0. The second-order valence-electron chi connectivity index (χ2n) is 9.61. The Morgan fingerprint density at radius 3 is 2.60 bits per heavy atom. The van der Waals surface area contributed by atoms with E-state index in [1.807, 2.05) is 25.7 Å². The number of amides is 1. The van der Waals surface area contributed by atoms with Gasteiger partial charge in [-0.05, 0) is 44.1 Å². The Labute approximate surface area is 151 Å². The molecular formula is C21H30N2O2. The van der Waals surface area contributed by atoms with Crippen molar-refractivity contribution < 1.29 is 9.53 Å². The van der Waals surface area contributed by atoms with Gasteiger partial charge in [-0.2, -0.15) is 0 Å². The first-order valence-corrected chi connectivity index (χ1v) is 9.45. The van der Waals surface area contributed by atoms with E-state index in [1.165, 1.54) is 12.0 Å². The van der Waals surface area contributed by atoms with E-state index >= 15 is 0 Å². The fourth-order valence-corrected chi connectivity index (χ4v) is 5.49. The van der Waals surface area contributed by atoms with E-state index < -0.39 is 5.60 Å². The van der Waals surface area contributed by atoms with Crippen LogP contribution in [0.5, 0.6) is 0 Å². The number of likely N-dealkylation sites (tertiary alicyclic amines) is 2. The highest BCUT2D eigenvalue weighted by molar-refractivity contribution is 5.69. The molecule has 1 aliphatic carbocycles. The lowest BCUT2D eigenvalue weighted by Gasteiger charge is -2.55. The van der Waals surface area contributed by atoms with Gasteiger partial charge in [-0.1, -0.05) is 37.3 Å². The monoisotopic (exact) mass is 342 g/mol. The van der Waals surface area contributed by atoms with Crippen LogP contribution < -0.4 is 0 Å². The third-order valence-corrected chi connectivity index (χ3v) is 6.57. The number of ether oxygens (including phenoxy) is 1. The van der Waals surface area contributed by atoms with Crippen molar-refractivity contribution in [3.63, 3.8) is 0 Å². The molecule has 0 N–H and O–H groups in total. The van der Waals surface area contributed by atoms with Gasteiger partial charge in [0.05, 0.1) is 0 Å². The van der Waals surface area contributed by atoms with Crippen LogP contribution in [-0.4, -0.2) is 47.7 Å². The van der Waals surface area contributed by atoms with E-state index in [-0.39, 0.29) is 11.5 Å². The van der Waals surface area contributed by atoms with Crippen LogP contribution in [0.15, 0.2) is 30.3 Å². The van der Waals surface area contributed by atoms with Gasteiger partial charge < -0.3 is 9.64 Å². The van der Waals surface area contributed by atoms with Crippen LogP contribution in [0.25, 0.3) is 0 Å². The molecule has 0 aromatic heterocycles. The summed E-state index contributed by atoms with van der Waals surface area (Å²) in [6.07, 6.45) is 1.09. The largest absolute Gasteiger partial charge is 0.444 e. The van der Waals surface area contributed by atoms with Gasteiger partial charge in [0, 0.05) is 38.1 Å². The predicted octanol–water partition coefficient (Wildman–Crippen LogP) is 3.77. The van der Waals surface area contributed by atoms with Gasteiger partial charge in [0.1, 0.15) is 5.60 Å². The van der Waals surface area contributed by atoms with Crippen molar-refractivity contribution in [1.29, 1.82) is 0 Å². The zero-order valence-corrected chi connectivity index (χ0v) is 15.9. The quantitative estimate of drug-likeness (QED) is 0.820. The Morgan fingerprint density at radius 2 is 1.92 bits per heavy atom. The SMILES string of the molecule is CC(C)(C)OC(=O)N1CC2CC3(C)CN(Cc4ccccc4)CC23C1. The van der Waals surface area contributed by atoms with Crippen molar-refractivity contribution in [2.75, 3.05) is 26.2 Å². The molecule has 2 saturated heterocycles. The average Bonchev–Trinajstić information content (AvgIpc) is 2.92. The lowest BCUT2D eigenvalue weighted by Crippen LogP contribution is -2.55. The minimum atomic E-state index is -0.422. The van der Waals surface area contributed by atoms with Crippen molar-refractivity contribution >= 4 is 6.09 Å². The fourth-order valence-electron chi connectivity index (χ4n) is 5.49. The summed E-state index contributed by atoms with van der Waals surface area (Å²) < 4.78 is 5.62. The van der Waals surface area contributed by atoms with Crippen molar-refractivity contribution in [2.45, 2.75) is 46.3 Å². The standard InChI is InChI=1S/C21H30N2O2/c1-19(2,3)25-18(24)23-12-17-10-20(4)13-22(14-21(17,20)15-23)11-16-8-6-5-7-9-16/h5-9,17H,10-15H2,1-4H3. The number of carbonyl (C=O) groups excluding carboxylic acids is 1. The average molecular weight is 342 g/mol. The van der Waals surface area contributed by atoms with Gasteiger partial charge in [0.25, 0.3) is 0 Å². The van der Waals surface area contributed by atoms with Crippen LogP contribution in [-0.2, 0) is 11.3 Å². The molecule has 4 nitrogen and oxygen atoms in total. The summed E-state index contributed by atoms with van der Waals surface area (Å²) in [7, 11) is 0. The molecule has 0 bridgehead atoms. The Hall–Kier alpha value is -1.55. The molecule has 1 aromatic rings. The van der Waals surface area contributed by atoms with E-state index in [4.69, 9.17) is 4.74 Å². The normalized spacial score (nSPS) is 34.4. The van der Waals surface area contributed by atoms with E-state index in [2.05, 4.69) is 42.2 Å². The minimum Gasteiger partial charge on any atom is -0.444 e. The van der Waals surface area contributed by atoms with Gasteiger partial charge in [0.2, 0.25) is 0 Å². The summed E-state index contributed by atoms with van der Waals surface area (Å²) in [5.41, 5.74) is 1.55. The second-order valence-corrected chi connectivity index (χ2v) is 9.61. The predicted molar refractivity (Wildman–Crippen MR) is 98.2 cm³/mol. The van der Waals surface area contributed by atoms with E-state index in [0.29, 0.717) is 11.3 Å². The van der Waals surface area contributed by atoms with Gasteiger partial charge in [-0.15, -0.1) is 0 Å². The number of nitrogens with zero attached hydrogens (tertiary/aromatic N) is 2. The molecule has 0 radical (unpaired) electrons. The van der Waals surface area contributed by atoms with Gasteiger partial charge in [-0.3, -0.25) is 4.90 Å². The molecule has 3 aliphatic rings. The Bertz CT molecular complexity index is 668. The summed E-state index contributed by atoms with van der Waals surface area (Å²) in [6.45, 7) is 13.2. The van der Waals surface area contributed by atoms with Crippen LogP contribution in [0.2, 0.25) is 0 Å². The number of benzene rings is 1. The first-order chi connectivity index (χ1) is 11.7. The molecule has 1 amide bonds. The van der Waals surface area contributed by atoms with Crippen LogP contribution in [0, 0.1) is 16.7 Å². The zero-order valence-electron chi connectivity index (χ0n) is 15.9. The molecule has 2 aliphatic heterocycles. The fraction of sp³-hybridized carbons (Fsp3) is 0.667. The summed E-state index contributed by atoms with van der Waals surface area (Å²) in [4.78, 5) is 17.1. The second kappa shape index (κ2) is 5.47. The molecule has 25 heavy (non-hydrogen) atoms. The lowest BCUT2D eigenvalue weighted by atomic mass is 9.47. The maximum Gasteiger partial charge on any atom is 0.410 e. The van der Waals surface area contributed by atoms with E-state index in [1.54, 1.807) is 0 Å². The molecule has 1 saturated carbocycles. The van der Waals surface area contributed by atoms with E-state index in [0.717, 1.165) is 32.7 Å². The van der Waals surface area contributed by atoms with Crippen LogP contribution in [0.4, 0.5) is 4.79 Å². The molecule has 4 heteroatoms. The lowest BCUT2D eigenvalue weighted by molar-refractivity contribution is -0.0523.